The number of carbonyl (C=O) groups excluding carboxylic acids is 2. The molecule has 0 spiro atoms. The molecule has 1 aliphatic rings. The molecule has 138 valence electrons. The molecule has 1 aromatic carbocycles. The molecule has 2 amide bonds. The summed E-state index contributed by atoms with van der Waals surface area (Å²) in [5, 5.41) is 0. The van der Waals surface area contributed by atoms with Gasteiger partial charge in [0.25, 0.3) is 0 Å². The Morgan fingerprint density at radius 2 is 2.15 bits per heavy atom. The highest BCUT2D eigenvalue weighted by atomic mass is 16.2. The molecule has 3 rings (SSSR count). The summed E-state index contributed by atoms with van der Waals surface area (Å²) in [6, 6.07) is 8.38. The van der Waals surface area contributed by atoms with Gasteiger partial charge in [-0.25, -0.2) is 4.98 Å². The molecule has 6 heteroatoms. The largest absolute Gasteiger partial charge is 0.339 e. The van der Waals surface area contributed by atoms with E-state index in [1.165, 1.54) is 11.0 Å². The number of amides is 2. The summed E-state index contributed by atoms with van der Waals surface area (Å²) < 4.78 is 2.30. The molecule has 2 heterocycles. The van der Waals surface area contributed by atoms with Crippen molar-refractivity contribution < 1.29 is 9.59 Å². The molecule has 1 atom stereocenters. The summed E-state index contributed by atoms with van der Waals surface area (Å²) in [7, 11) is 1.63. The molecule has 1 saturated heterocycles. The lowest BCUT2D eigenvalue weighted by molar-refractivity contribution is -0.138. The minimum atomic E-state index is -0.235. The van der Waals surface area contributed by atoms with E-state index in [2.05, 4.69) is 24.1 Å². The molecule has 1 fully saturated rings. The number of fused-ring (bicyclic) bond motifs is 1. The first-order valence-electron chi connectivity index (χ1n) is 9.16. The van der Waals surface area contributed by atoms with E-state index in [4.69, 9.17) is 4.98 Å². The van der Waals surface area contributed by atoms with Crippen molar-refractivity contribution in [3.05, 3.63) is 42.7 Å². The zero-order valence-corrected chi connectivity index (χ0v) is 15.5. The molecule has 0 aliphatic carbocycles. The van der Waals surface area contributed by atoms with Gasteiger partial charge in [0.15, 0.2) is 0 Å². The lowest BCUT2D eigenvalue weighted by Gasteiger charge is -2.35. The normalized spacial score (nSPS) is 17.3. The highest BCUT2D eigenvalue weighted by Crippen LogP contribution is 2.28. The van der Waals surface area contributed by atoms with Crippen LogP contribution in [0.3, 0.4) is 0 Å². The number of hydrogen-bond acceptors (Lipinski definition) is 3. The summed E-state index contributed by atoms with van der Waals surface area (Å²) in [5.74, 6) is 0.806. The number of hydrogen-bond donors (Lipinski definition) is 0. The van der Waals surface area contributed by atoms with Crippen molar-refractivity contribution in [1.29, 1.82) is 0 Å². The fourth-order valence-corrected chi connectivity index (χ4v) is 3.68. The second-order valence-electron chi connectivity index (χ2n) is 6.77. The van der Waals surface area contributed by atoms with Crippen LogP contribution in [0.15, 0.2) is 36.9 Å². The molecule has 2 aromatic rings. The lowest BCUT2D eigenvalue weighted by Crippen LogP contribution is -2.45. The summed E-state index contributed by atoms with van der Waals surface area (Å²) >= 11 is 0. The Bertz CT molecular complexity index is 826. The Morgan fingerprint density at radius 3 is 2.88 bits per heavy atom. The van der Waals surface area contributed by atoms with Gasteiger partial charge in [0, 0.05) is 26.6 Å². The third kappa shape index (κ3) is 3.49. The van der Waals surface area contributed by atoms with Crippen molar-refractivity contribution >= 4 is 22.8 Å². The van der Waals surface area contributed by atoms with Crippen molar-refractivity contribution in [2.75, 3.05) is 26.7 Å². The monoisotopic (exact) mass is 354 g/mol. The topological polar surface area (TPSA) is 58.4 Å². The Kier molecular flexibility index (Phi) is 5.40. The van der Waals surface area contributed by atoms with Gasteiger partial charge in [-0.2, -0.15) is 0 Å². The molecular weight excluding hydrogens is 328 g/mol. The van der Waals surface area contributed by atoms with Gasteiger partial charge in [-0.15, -0.1) is 0 Å². The van der Waals surface area contributed by atoms with Gasteiger partial charge in [-0.3, -0.25) is 9.59 Å². The number of carbonyl (C=O) groups is 2. The number of nitrogens with zero attached hydrogens (tertiary/aromatic N) is 4. The zero-order valence-electron chi connectivity index (χ0n) is 15.5. The maximum atomic E-state index is 12.6. The van der Waals surface area contributed by atoms with Gasteiger partial charge in [-0.1, -0.05) is 25.6 Å². The summed E-state index contributed by atoms with van der Waals surface area (Å²) in [6.45, 7) is 7.06. The van der Waals surface area contributed by atoms with E-state index in [0.29, 0.717) is 6.54 Å². The van der Waals surface area contributed by atoms with Gasteiger partial charge in [0.05, 0.1) is 23.6 Å². The van der Waals surface area contributed by atoms with Crippen LogP contribution >= 0.6 is 0 Å². The van der Waals surface area contributed by atoms with Gasteiger partial charge in [0.2, 0.25) is 11.8 Å². The average Bonchev–Trinajstić information content (AvgIpc) is 3.05. The number of benzene rings is 1. The minimum Gasteiger partial charge on any atom is -0.339 e. The first-order chi connectivity index (χ1) is 12.5. The van der Waals surface area contributed by atoms with Crippen LogP contribution in [-0.2, 0) is 16.0 Å². The first-order valence-corrected chi connectivity index (χ1v) is 9.16. The Labute approximate surface area is 154 Å². The molecule has 0 bridgehead atoms. The minimum absolute atomic E-state index is 0.0186. The SMILES string of the molecule is C=CC(=O)N(C)CC(=O)N1CCCC(n2c(CC)nc3ccccc32)C1. The molecular formula is C20H26N4O2. The number of piperidine rings is 1. The molecule has 1 unspecified atom stereocenters. The van der Waals surface area contributed by atoms with Gasteiger partial charge in [-0.05, 0) is 31.1 Å². The first kappa shape index (κ1) is 18.2. The van der Waals surface area contributed by atoms with Gasteiger partial charge >= 0.3 is 0 Å². The summed E-state index contributed by atoms with van der Waals surface area (Å²) in [5.41, 5.74) is 2.13. The van der Waals surface area contributed by atoms with Crippen molar-refractivity contribution in [3.8, 4) is 0 Å². The molecule has 1 aromatic heterocycles. The predicted molar refractivity (Wildman–Crippen MR) is 102 cm³/mol. The van der Waals surface area contributed by atoms with Crippen molar-refractivity contribution in [2.24, 2.45) is 0 Å². The third-order valence-electron chi connectivity index (χ3n) is 5.02. The van der Waals surface area contributed by atoms with E-state index in [9.17, 15) is 9.59 Å². The highest BCUT2D eigenvalue weighted by molar-refractivity contribution is 5.90. The van der Waals surface area contributed by atoms with Crippen LogP contribution in [0.5, 0.6) is 0 Å². The van der Waals surface area contributed by atoms with E-state index in [1.54, 1.807) is 7.05 Å². The Balaban J connectivity index is 1.80. The van der Waals surface area contributed by atoms with Crippen LogP contribution in [0.1, 0.15) is 31.6 Å². The molecule has 6 nitrogen and oxygen atoms in total. The highest BCUT2D eigenvalue weighted by Gasteiger charge is 2.28. The summed E-state index contributed by atoms with van der Waals surface area (Å²) in [6.07, 6.45) is 4.07. The maximum absolute atomic E-state index is 12.6. The van der Waals surface area contributed by atoms with E-state index in [1.807, 2.05) is 23.1 Å². The summed E-state index contributed by atoms with van der Waals surface area (Å²) in [4.78, 5) is 32.3. The van der Waals surface area contributed by atoms with E-state index < -0.39 is 0 Å². The van der Waals surface area contributed by atoms with Crippen LogP contribution in [0.4, 0.5) is 0 Å². The molecule has 0 saturated carbocycles. The standard InChI is InChI=1S/C20H26N4O2/c1-4-18-21-16-10-6-7-11-17(16)24(18)15-9-8-12-23(13-15)20(26)14-22(3)19(25)5-2/h5-7,10-11,15H,2,4,8-9,12-14H2,1,3H3. The van der Waals surface area contributed by atoms with Crippen LogP contribution in [0.2, 0.25) is 0 Å². The number of likely N-dealkylation sites (tertiary alicyclic amines) is 1. The number of imidazole rings is 1. The Hall–Kier alpha value is -2.63. The smallest absolute Gasteiger partial charge is 0.246 e. The van der Waals surface area contributed by atoms with E-state index in [-0.39, 0.29) is 24.4 Å². The van der Waals surface area contributed by atoms with Gasteiger partial charge < -0.3 is 14.4 Å². The van der Waals surface area contributed by atoms with E-state index >= 15 is 0 Å². The van der Waals surface area contributed by atoms with E-state index in [0.717, 1.165) is 42.7 Å². The molecule has 0 radical (unpaired) electrons. The van der Waals surface area contributed by atoms with Crippen molar-refractivity contribution in [3.63, 3.8) is 0 Å². The van der Waals surface area contributed by atoms with Crippen molar-refractivity contribution in [2.45, 2.75) is 32.2 Å². The number of likely N-dealkylation sites (N-methyl/N-ethyl adjacent to an activating group) is 1. The number of rotatable bonds is 5. The van der Waals surface area contributed by atoms with Crippen LogP contribution in [0, 0.1) is 0 Å². The zero-order chi connectivity index (χ0) is 18.7. The Morgan fingerprint density at radius 1 is 1.38 bits per heavy atom. The molecule has 0 N–H and O–H groups in total. The fourth-order valence-electron chi connectivity index (χ4n) is 3.68. The van der Waals surface area contributed by atoms with Crippen LogP contribution in [0.25, 0.3) is 11.0 Å². The molecule has 26 heavy (non-hydrogen) atoms. The van der Waals surface area contributed by atoms with Crippen LogP contribution < -0.4 is 0 Å². The third-order valence-corrected chi connectivity index (χ3v) is 5.02. The predicted octanol–water partition coefficient (Wildman–Crippen LogP) is 2.41. The number of para-hydroxylation sites is 2. The fraction of sp³-hybridized carbons (Fsp3) is 0.450. The quantitative estimate of drug-likeness (QED) is 0.775. The second kappa shape index (κ2) is 7.72. The number of aryl methyl sites for hydroxylation is 1. The average molecular weight is 354 g/mol. The second-order valence-corrected chi connectivity index (χ2v) is 6.77. The number of aromatic nitrogens is 2. The molecule has 1 aliphatic heterocycles. The maximum Gasteiger partial charge on any atom is 0.246 e. The lowest BCUT2D eigenvalue weighted by atomic mass is 10.0. The van der Waals surface area contributed by atoms with Gasteiger partial charge in [0.1, 0.15) is 5.82 Å². The van der Waals surface area contributed by atoms with Crippen LogP contribution in [-0.4, -0.2) is 57.8 Å². The van der Waals surface area contributed by atoms with Crippen molar-refractivity contribution in [1.82, 2.24) is 19.4 Å².